The second-order valence-electron chi connectivity index (χ2n) is 1.44. The third-order valence-electron chi connectivity index (χ3n) is 0.923. The number of rotatable bonds is 1. The molecule has 0 aliphatic rings. The summed E-state index contributed by atoms with van der Waals surface area (Å²) in [6, 6.07) is 10.2. The molecule has 0 saturated carbocycles. The van der Waals surface area contributed by atoms with E-state index in [1.165, 1.54) is 0 Å². The number of ether oxygens (including phenoxy) is 1. The van der Waals surface area contributed by atoms with Gasteiger partial charge in [-0.1, -0.05) is 0 Å². The first-order valence-corrected chi connectivity index (χ1v) is 2.43. The summed E-state index contributed by atoms with van der Waals surface area (Å²) in [5.41, 5.74) is 0. The van der Waals surface area contributed by atoms with Gasteiger partial charge in [-0.15, -0.1) is 29.1 Å². The summed E-state index contributed by atoms with van der Waals surface area (Å²) in [7, 11) is 1.65. The van der Waals surface area contributed by atoms with Crippen molar-refractivity contribution in [1.82, 2.24) is 0 Å². The zero-order valence-electron chi connectivity index (χ0n) is 6.21. The monoisotopic (exact) mass is 246 g/mol. The van der Waals surface area contributed by atoms with Gasteiger partial charge in [0, 0.05) is 5.75 Å². The van der Waals surface area contributed by atoms with Crippen LogP contribution in [0.1, 0.15) is 0 Å². The molecule has 58 valence electrons. The first-order valence-electron chi connectivity index (χ1n) is 2.43. The maximum Gasteiger partial charge on any atom is 2.00 e. The second kappa shape index (κ2) is 10.6. The Hall–Kier alpha value is 0.556. The van der Waals surface area contributed by atoms with Gasteiger partial charge in [-0.25, -0.2) is 0 Å². The van der Waals surface area contributed by atoms with Gasteiger partial charge in [-0.3, -0.25) is 0 Å². The SMILES string of the molecule is Br.COc1cc[c-]cc1.[Cl-].[Mg+2]. The van der Waals surface area contributed by atoms with Gasteiger partial charge >= 0.3 is 23.1 Å². The fourth-order valence-electron chi connectivity index (χ4n) is 0.508. The van der Waals surface area contributed by atoms with E-state index in [1.54, 1.807) is 7.11 Å². The van der Waals surface area contributed by atoms with Crippen molar-refractivity contribution in [2.24, 2.45) is 0 Å². The third kappa shape index (κ3) is 6.94. The molecule has 0 unspecified atom stereocenters. The van der Waals surface area contributed by atoms with E-state index in [1.807, 2.05) is 24.3 Å². The Balaban J connectivity index is -0.000000213. The molecule has 1 nitrogen and oxygen atoms in total. The molecule has 0 bridgehead atoms. The van der Waals surface area contributed by atoms with Crippen LogP contribution in [0.15, 0.2) is 24.3 Å². The van der Waals surface area contributed by atoms with E-state index in [-0.39, 0.29) is 52.4 Å². The summed E-state index contributed by atoms with van der Waals surface area (Å²) in [6.45, 7) is 0. The van der Waals surface area contributed by atoms with E-state index < -0.39 is 0 Å². The van der Waals surface area contributed by atoms with Crippen molar-refractivity contribution in [3.63, 3.8) is 0 Å². The molecule has 0 aromatic heterocycles. The molecular formula is C7H8BrClMgO. The van der Waals surface area contributed by atoms with Gasteiger partial charge in [0.1, 0.15) is 0 Å². The minimum absolute atomic E-state index is 0. The molecule has 0 saturated heterocycles. The van der Waals surface area contributed by atoms with E-state index >= 15 is 0 Å². The number of hydrogen-bond donors (Lipinski definition) is 0. The molecule has 0 radical (unpaired) electrons. The predicted molar refractivity (Wildman–Crippen MR) is 47.9 cm³/mol. The van der Waals surface area contributed by atoms with Crippen molar-refractivity contribution in [2.45, 2.75) is 0 Å². The average Bonchev–Trinajstić information content (AvgIpc) is 1.90. The van der Waals surface area contributed by atoms with Crippen molar-refractivity contribution in [2.75, 3.05) is 7.11 Å². The molecule has 0 heterocycles. The van der Waals surface area contributed by atoms with E-state index in [9.17, 15) is 0 Å². The third-order valence-corrected chi connectivity index (χ3v) is 0.923. The molecule has 11 heavy (non-hydrogen) atoms. The Labute approximate surface area is 99.8 Å². The van der Waals surface area contributed by atoms with Crippen LogP contribution >= 0.6 is 17.0 Å². The van der Waals surface area contributed by atoms with E-state index in [0.717, 1.165) is 5.75 Å². The predicted octanol–water partition coefficient (Wildman–Crippen LogP) is -1.30. The summed E-state index contributed by atoms with van der Waals surface area (Å²) < 4.78 is 4.89. The van der Waals surface area contributed by atoms with Crippen molar-refractivity contribution in [1.29, 1.82) is 0 Å². The molecule has 0 amide bonds. The van der Waals surface area contributed by atoms with Gasteiger partial charge in [-0.05, 0) is 0 Å². The average molecular weight is 248 g/mol. The molecule has 1 aromatic carbocycles. The summed E-state index contributed by atoms with van der Waals surface area (Å²) >= 11 is 0. The fraction of sp³-hybridized carbons (Fsp3) is 0.143. The smallest absolute Gasteiger partial charge is 1.00 e. The van der Waals surface area contributed by atoms with Gasteiger partial charge in [0.25, 0.3) is 0 Å². The summed E-state index contributed by atoms with van der Waals surface area (Å²) in [4.78, 5) is 0. The quantitative estimate of drug-likeness (QED) is 0.443. The maximum absolute atomic E-state index is 4.89. The molecule has 0 atom stereocenters. The first-order chi connectivity index (χ1) is 3.93. The van der Waals surface area contributed by atoms with Gasteiger partial charge in [0.15, 0.2) is 0 Å². The van der Waals surface area contributed by atoms with Crippen molar-refractivity contribution in [3.8, 4) is 5.75 Å². The molecular weight excluding hydrogens is 240 g/mol. The molecule has 0 spiro atoms. The van der Waals surface area contributed by atoms with Crippen LogP contribution in [0.4, 0.5) is 0 Å². The van der Waals surface area contributed by atoms with Crippen LogP contribution in [0.2, 0.25) is 0 Å². The van der Waals surface area contributed by atoms with Crippen LogP contribution in [0, 0.1) is 6.07 Å². The van der Waals surface area contributed by atoms with Gasteiger partial charge in [0.05, 0.1) is 7.11 Å². The van der Waals surface area contributed by atoms with Crippen LogP contribution in [-0.4, -0.2) is 30.2 Å². The molecule has 0 aliphatic heterocycles. The first kappa shape index (κ1) is 17.6. The topological polar surface area (TPSA) is 9.23 Å². The van der Waals surface area contributed by atoms with Crippen LogP contribution < -0.4 is 17.1 Å². The van der Waals surface area contributed by atoms with Gasteiger partial charge in [-0.2, -0.15) is 18.2 Å². The Kier molecular flexibility index (Phi) is 16.9. The van der Waals surface area contributed by atoms with Crippen LogP contribution in [0.3, 0.4) is 0 Å². The zero-order chi connectivity index (χ0) is 5.82. The van der Waals surface area contributed by atoms with Crippen molar-refractivity contribution >= 4 is 40.0 Å². The largest absolute Gasteiger partial charge is 2.00 e. The number of halogens is 2. The van der Waals surface area contributed by atoms with E-state index in [0.29, 0.717) is 0 Å². The van der Waals surface area contributed by atoms with Crippen LogP contribution in [0.5, 0.6) is 5.75 Å². The number of methoxy groups -OCH3 is 1. The molecule has 0 aliphatic carbocycles. The molecule has 0 fully saturated rings. The molecule has 1 rings (SSSR count). The van der Waals surface area contributed by atoms with Crippen molar-refractivity contribution in [3.05, 3.63) is 30.3 Å². The summed E-state index contributed by atoms with van der Waals surface area (Å²) in [6.07, 6.45) is 0. The van der Waals surface area contributed by atoms with Crippen molar-refractivity contribution < 1.29 is 17.1 Å². The molecule has 1 aromatic rings. The van der Waals surface area contributed by atoms with Gasteiger partial charge in [0.2, 0.25) is 0 Å². The molecule has 0 N–H and O–H groups in total. The molecule has 4 heteroatoms. The Morgan fingerprint density at radius 1 is 1.27 bits per heavy atom. The summed E-state index contributed by atoms with van der Waals surface area (Å²) in [5, 5.41) is 0. The Bertz CT molecular complexity index is 160. The minimum Gasteiger partial charge on any atom is -1.00 e. The maximum atomic E-state index is 4.89. The minimum atomic E-state index is 0. The summed E-state index contributed by atoms with van der Waals surface area (Å²) in [5.74, 6) is 0.878. The van der Waals surface area contributed by atoms with E-state index in [4.69, 9.17) is 4.74 Å². The van der Waals surface area contributed by atoms with E-state index in [2.05, 4.69) is 6.07 Å². The Morgan fingerprint density at radius 3 is 2.00 bits per heavy atom. The number of benzene rings is 1. The standard InChI is InChI=1S/C7H7O.BrH.ClH.Mg/c1-8-7-5-3-2-4-6-7;;;/h3-6H,1H3;2*1H;/q-1;;;+2/p-1. The van der Waals surface area contributed by atoms with Crippen LogP contribution in [0.25, 0.3) is 0 Å². The number of hydrogen-bond acceptors (Lipinski definition) is 1. The van der Waals surface area contributed by atoms with Crippen LogP contribution in [-0.2, 0) is 0 Å². The second-order valence-corrected chi connectivity index (χ2v) is 1.44. The van der Waals surface area contributed by atoms with Gasteiger partial charge < -0.3 is 17.1 Å². The fourth-order valence-corrected chi connectivity index (χ4v) is 0.508. The normalized spacial score (nSPS) is 6.27. The Morgan fingerprint density at radius 2 is 1.73 bits per heavy atom. The zero-order valence-corrected chi connectivity index (χ0v) is 10.1.